The van der Waals surface area contributed by atoms with Crippen molar-refractivity contribution in [2.24, 2.45) is 0 Å². The molecule has 2 amide bonds. The number of para-hydroxylation sites is 2. The van der Waals surface area contributed by atoms with Gasteiger partial charge >= 0.3 is 6.03 Å². The monoisotopic (exact) mass is 644 g/mol. The van der Waals surface area contributed by atoms with Crippen LogP contribution in [-0.2, 0) is 0 Å². The first kappa shape index (κ1) is 34.0. The molecule has 43 heavy (non-hydrogen) atoms. The molecule has 1 fully saturated rings. The number of hydrogen-bond donors (Lipinski definition) is 1. The van der Waals surface area contributed by atoms with Crippen molar-refractivity contribution in [2.75, 3.05) is 75.9 Å². The van der Waals surface area contributed by atoms with E-state index in [4.69, 9.17) is 4.42 Å². The lowest BCUT2D eigenvalue weighted by molar-refractivity contribution is 0.122. The molecule has 2 aromatic heterocycles. The van der Waals surface area contributed by atoms with Gasteiger partial charge in [-0.25, -0.2) is 14.8 Å². The first-order valence-corrected chi connectivity index (χ1v) is 19.0. The van der Waals surface area contributed by atoms with Gasteiger partial charge in [0.05, 0.1) is 5.69 Å². The van der Waals surface area contributed by atoms with Crippen LogP contribution >= 0.6 is 35.3 Å². The van der Waals surface area contributed by atoms with E-state index in [0.717, 1.165) is 109 Å². The lowest BCUT2D eigenvalue weighted by Gasteiger charge is -2.36. The van der Waals surface area contributed by atoms with Crippen molar-refractivity contribution in [1.82, 2.24) is 24.7 Å². The third-order valence-corrected chi connectivity index (χ3v) is 10.2. The normalized spacial score (nSPS) is 14.4. The number of pyridine rings is 1. The van der Waals surface area contributed by atoms with Crippen molar-refractivity contribution in [3.05, 3.63) is 36.0 Å². The number of aromatic nitrogens is 2. The smallest absolute Gasteiger partial charge is 0.321 e. The van der Waals surface area contributed by atoms with Gasteiger partial charge < -0.3 is 19.5 Å². The van der Waals surface area contributed by atoms with E-state index >= 15 is 0 Å². The molecule has 0 bridgehead atoms. The number of carbonyl (C=O) groups is 1. The molecule has 1 saturated heterocycles. The van der Waals surface area contributed by atoms with Gasteiger partial charge in [0.15, 0.2) is 5.58 Å². The number of benzene rings is 1. The summed E-state index contributed by atoms with van der Waals surface area (Å²) in [5.41, 5.74) is 3.60. The van der Waals surface area contributed by atoms with Crippen molar-refractivity contribution in [3.63, 3.8) is 0 Å². The highest BCUT2D eigenvalue weighted by molar-refractivity contribution is 7.99. The summed E-state index contributed by atoms with van der Waals surface area (Å²) in [5.74, 6) is 1.00. The highest BCUT2D eigenvalue weighted by atomic mass is 32.2. The fourth-order valence-electron chi connectivity index (χ4n) is 5.31. The summed E-state index contributed by atoms with van der Waals surface area (Å²) in [6.45, 7) is 12.0. The summed E-state index contributed by atoms with van der Waals surface area (Å²) in [4.78, 5) is 31.0. The number of anilines is 1. The summed E-state index contributed by atoms with van der Waals surface area (Å²) in [5, 5.41) is 4.89. The molecule has 0 radical (unpaired) electrons. The number of nitrogens with one attached hydrogen (secondary N) is 1. The molecule has 4 rings (SSSR count). The molecule has 0 spiro atoms. The second kappa shape index (κ2) is 18.1. The maximum absolute atomic E-state index is 13.6. The molecule has 0 saturated carbocycles. The molecule has 3 aromatic rings. The number of aryl methyl sites for hydroxylation is 1. The highest BCUT2D eigenvalue weighted by Gasteiger charge is 2.21. The van der Waals surface area contributed by atoms with Gasteiger partial charge in [0.1, 0.15) is 10.5 Å². The quantitative estimate of drug-likeness (QED) is 0.118. The fraction of sp³-hybridized carbons (Fsp3) is 0.594. The van der Waals surface area contributed by atoms with Gasteiger partial charge in [0, 0.05) is 62.2 Å². The fourth-order valence-corrected chi connectivity index (χ4v) is 7.37. The standard InChI is InChI=1S/C32H48N6O2S3/c1-5-6-7-8-11-16-38(31(39)35-29-28(41-3)24-25(2)33-30(29)42-4)22-21-37-19-17-36(18-20-37)15-12-23-43-32-34-26-13-9-10-14-27(26)40-32/h9-10,13-14,24H,5-8,11-12,15-23H2,1-4H3,(H,35,39). The number of carbonyl (C=O) groups excluding carboxylic acids is 1. The zero-order valence-electron chi connectivity index (χ0n) is 26.3. The number of piperazine rings is 1. The number of hydrogen-bond acceptors (Lipinski definition) is 9. The Morgan fingerprint density at radius 3 is 2.42 bits per heavy atom. The Labute approximate surface area is 270 Å². The van der Waals surface area contributed by atoms with Crippen LogP contribution in [0.1, 0.15) is 51.1 Å². The second-order valence-corrected chi connectivity index (χ2v) is 13.7. The Morgan fingerprint density at radius 2 is 1.70 bits per heavy atom. The van der Waals surface area contributed by atoms with Crippen molar-refractivity contribution in [1.29, 1.82) is 0 Å². The minimum Gasteiger partial charge on any atom is -0.431 e. The largest absolute Gasteiger partial charge is 0.431 e. The molecule has 236 valence electrons. The Bertz CT molecular complexity index is 1220. The first-order chi connectivity index (χ1) is 21.0. The third-order valence-electron chi connectivity index (χ3n) is 7.81. The zero-order valence-corrected chi connectivity index (χ0v) is 28.7. The molecule has 1 aliphatic rings. The predicted molar refractivity (Wildman–Crippen MR) is 184 cm³/mol. The van der Waals surface area contributed by atoms with Crippen molar-refractivity contribution >= 4 is 58.1 Å². The highest BCUT2D eigenvalue weighted by Crippen LogP contribution is 2.34. The number of oxazole rings is 1. The summed E-state index contributed by atoms with van der Waals surface area (Å²) >= 11 is 4.94. The molecule has 11 heteroatoms. The zero-order chi connectivity index (χ0) is 30.4. The van der Waals surface area contributed by atoms with Crippen LogP contribution in [0.4, 0.5) is 10.5 Å². The summed E-state index contributed by atoms with van der Waals surface area (Å²) < 4.78 is 5.83. The van der Waals surface area contributed by atoms with Crippen LogP contribution in [0.5, 0.6) is 0 Å². The Balaban J connectivity index is 1.22. The Hall–Kier alpha value is -1.92. The molecule has 1 N–H and O–H groups in total. The maximum atomic E-state index is 13.6. The molecule has 8 nitrogen and oxygen atoms in total. The molecular weight excluding hydrogens is 597 g/mol. The lowest BCUT2D eigenvalue weighted by atomic mass is 10.1. The van der Waals surface area contributed by atoms with Gasteiger partial charge in [-0.2, -0.15) is 0 Å². The molecule has 1 aliphatic heterocycles. The van der Waals surface area contributed by atoms with Crippen LogP contribution in [0.3, 0.4) is 0 Å². The topological polar surface area (TPSA) is 77.7 Å². The van der Waals surface area contributed by atoms with E-state index < -0.39 is 0 Å². The number of thioether (sulfide) groups is 3. The second-order valence-electron chi connectivity index (χ2n) is 11.0. The predicted octanol–water partition coefficient (Wildman–Crippen LogP) is 7.58. The average molecular weight is 645 g/mol. The van der Waals surface area contributed by atoms with E-state index in [1.807, 2.05) is 42.3 Å². The molecule has 1 aromatic carbocycles. The van der Waals surface area contributed by atoms with Gasteiger partial charge in [-0.1, -0.05) is 56.5 Å². The van der Waals surface area contributed by atoms with E-state index in [-0.39, 0.29) is 6.03 Å². The SMILES string of the molecule is CCCCCCCN(CCN1CCN(CCCSc2nc3ccccc3o2)CC1)C(=O)Nc1c(SC)cc(C)nc1SC. The maximum Gasteiger partial charge on any atom is 0.321 e. The Kier molecular flexibility index (Phi) is 14.3. The van der Waals surface area contributed by atoms with Gasteiger partial charge in [-0.3, -0.25) is 4.90 Å². The summed E-state index contributed by atoms with van der Waals surface area (Å²) in [7, 11) is 0. The van der Waals surface area contributed by atoms with Gasteiger partial charge in [0.2, 0.25) is 0 Å². The Morgan fingerprint density at radius 1 is 0.953 bits per heavy atom. The van der Waals surface area contributed by atoms with Crippen molar-refractivity contribution < 1.29 is 9.21 Å². The molecule has 0 aliphatic carbocycles. The number of rotatable bonds is 17. The van der Waals surface area contributed by atoms with E-state index in [1.165, 1.54) is 25.7 Å². The van der Waals surface area contributed by atoms with Gasteiger partial charge in [-0.05, 0) is 57.0 Å². The number of fused-ring (bicyclic) bond motifs is 1. The summed E-state index contributed by atoms with van der Waals surface area (Å²) in [6, 6.07) is 9.98. The van der Waals surface area contributed by atoms with Crippen LogP contribution in [0.15, 0.2) is 49.9 Å². The molecule has 0 unspecified atom stereocenters. The van der Waals surface area contributed by atoms with Gasteiger partial charge in [-0.15, -0.1) is 23.5 Å². The van der Waals surface area contributed by atoms with Crippen LogP contribution in [0.25, 0.3) is 11.1 Å². The number of nitrogens with zero attached hydrogens (tertiary/aromatic N) is 5. The third kappa shape index (κ3) is 10.6. The van der Waals surface area contributed by atoms with Crippen molar-refractivity contribution in [2.45, 2.75) is 67.5 Å². The average Bonchev–Trinajstić information content (AvgIpc) is 3.44. The van der Waals surface area contributed by atoms with E-state index in [0.29, 0.717) is 0 Å². The molecule has 3 heterocycles. The summed E-state index contributed by atoms with van der Waals surface area (Å²) in [6.07, 6.45) is 11.1. The lowest BCUT2D eigenvalue weighted by Crippen LogP contribution is -2.49. The number of unbranched alkanes of at least 4 members (excludes halogenated alkanes) is 4. The number of urea groups is 1. The van der Waals surface area contributed by atoms with Crippen LogP contribution < -0.4 is 5.32 Å². The minimum atomic E-state index is -0.0122. The molecule has 0 atom stereocenters. The van der Waals surface area contributed by atoms with Crippen LogP contribution in [0, 0.1) is 6.92 Å². The van der Waals surface area contributed by atoms with Gasteiger partial charge in [0.25, 0.3) is 5.22 Å². The van der Waals surface area contributed by atoms with Crippen molar-refractivity contribution in [3.8, 4) is 0 Å². The van der Waals surface area contributed by atoms with E-state index in [1.54, 1.807) is 35.3 Å². The first-order valence-electron chi connectivity index (χ1n) is 15.6. The number of amides is 2. The van der Waals surface area contributed by atoms with E-state index in [2.05, 4.69) is 44.3 Å². The molecular formula is C32H48N6O2S3. The van der Waals surface area contributed by atoms with Crippen LogP contribution in [-0.4, -0.2) is 101 Å². The minimum absolute atomic E-state index is 0.0122. The van der Waals surface area contributed by atoms with E-state index in [9.17, 15) is 4.79 Å². The van der Waals surface area contributed by atoms with Crippen LogP contribution in [0.2, 0.25) is 0 Å².